The highest BCUT2D eigenvalue weighted by atomic mass is 16.6. The van der Waals surface area contributed by atoms with Crippen LogP contribution >= 0.6 is 0 Å². The molecular weight excluding hydrogens is 236 g/mol. The Morgan fingerprint density at radius 2 is 1.63 bits per heavy atom. The van der Waals surface area contributed by atoms with Crippen molar-refractivity contribution >= 4 is 5.97 Å². The number of hydrogen-bond acceptors (Lipinski definition) is 2. The number of hydrogen-bond donors (Lipinski definition) is 0. The zero-order valence-electron chi connectivity index (χ0n) is 11.9. The maximum Gasteiger partial charge on any atom is 0.334 e. The van der Waals surface area contributed by atoms with Gasteiger partial charge in [-0.25, -0.2) is 4.79 Å². The van der Waals surface area contributed by atoms with Crippen molar-refractivity contribution in [2.24, 2.45) is 5.92 Å². The molecule has 0 aromatic carbocycles. The van der Waals surface area contributed by atoms with E-state index >= 15 is 0 Å². The Morgan fingerprint density at radius 3 is 2.47 bits per heavy atom. The highest BCUT2D eigenvalue weighted by molar-refractivity contribution is 5.90. The summed E-state index contributed by atoms with van der Waals surface area (Å²) in [6.45, 7) is 3.93. The number of rotatable bonds is 0. The normalized spacial score (nSPS) is 32.2. The fourth-order valence-corrected chi connectivity index (χ4v) is 3.12. The van der Waals surface area contributed by atoms with Gasteiger partial charge in [0.15, 0.2) is 0 Å². The molecule has 0 radical (unpaired) electrons. The average Bonchev–Trinajstić information content (AvgIpc) is 2.67. The van der Waals surface area contributed by atoms with Crippen molar-refractivity contribution in [2.75, 3.05) is 0 Å². The smallest absolute Gasteiger partial charge is 0.334 e. The first kappa shape index (κ1) is 14.4. The Bertz CT molecular complexity index is 343. The molecule has 106 valence electrons. The zero-order chi connectivity index (χ0) is 13.5. The van der Waals surface area contributed by atoms with Crippen LogP contribution in [0, 0.1) is 5.92 Å². The molecule has 0 saturated carbocycles. The van der Waals surface area contributed by atoms with Crippen LogP contribution in [0.4, 0.5) is 0 Å². The number of ether oxygens (including phenoxy) is 1. The largest absolute Gasteiger partial charge is 0.458 e. The monoisotopic (exact) mass is 262 g/mol. The number of esters is 1. The summed E-state index contributed by atoms with van der Waals surface area (Å²) in [7, 11) is 0. The fraction of sp³-hybridized carbons (Fsp3) is 0.706. The van der Waals surface area contributed by atoms with Gasteiger partial charge in [0.2, 0.25) is 0 Å². The molecule has 1 fully saturated rings. The minimum Gasteiger partial charge on any atom is -0.458 e. The number of fused-ring (bicyclic) bond motifs is 1. The van der Waals surface area contributed by atoms with Gasteiger partial charge < -0.3 is 4.74 Å². The lowest BCUT2D eigenvalue weighted by molar-refractivity contribution is -0.139. The predicted octanol–water partition coefficient (Wildman–Crippen LogP) is 4.56. The van der Waals surface area contributed by atoms with Crippen molar-refractivity contribution < 1.29 is 9.53 Å². The molecule has 0 bridgehead atoms. The lowest BCUT2D eigenvalue weighted by Gasteiger charge is -2.17. The molecule has 2 heteroatoms. The lowest BCUT2D eigenvalue weighted by atomic mass is 9.88. The van der Waals surface area contributed by atoms with Crippen LogP contribution in [0.15, 0.2) is 24.3 Å². The summed E-state index contributed by atoms with van der Waals surface area (Å²) in [4.78, 5) is 11.6. The van der Waals surface area contributed by atoms with Crippen molar-refractivity contribution in [3.05, 3.63) is 24.3 Å². The number of allylic oxidation sites excluding steroid dienone is 2. The van der Waals surface area contributed by atoms with Gasteiger partial charge in [-0.3, -0.25) is 0 Å². The van der Waals surface area contributed by atoms with E-state index in [-0.39, 0.29) is 18.0 Å². The number of carbonyl (C=O) groups is 1. The van der Waals surface area contributed by atoms with Crippen molar-refractivity contribution in [1.29, 1.82) is 0 Å². The van der Waals surface area contributed by atoms with Crippen molar-refractivity contribution in [3.8, 4) is 0 Å². The summed E-state index contributed by atoms with van der Waals surface area (Å²) in [6.07, 6.45) is 16.6. The van der Waals surface area contributed by atoms with Crippen LogP contribution in [0.25, 0.3) is 0 Å². The van der Waals surface area contributed by atoms with E-state index < -0.39 is 0 Å². The van der Waals surface area contributed by atoms with E-state index in [0.717, 1.165) is 25.7 Å². The van der Waals surface area contributed by atoms with Crippen LogP contribution in [0.3, 0.4) is 0 Å². The molecule has 2 nitrogen and oxygen atoms in total. The van der Waals surface area contributed by atoms with Crippen LogP contribution < -0.4 is 0 Å². The van der Waals surface area contributed by atoms with Crippen molar-refractivity contribution in [1.82, 2.24) is 0 Å². The molecule has 19 heavy (non-hydrogen) atoms. The molecule has 1 aliphatic heterocycles. The Hall–Kier alpha value is -1.05. The Morgan fingerprint density at radius 1 is 0.947 bits per heavy atom. The van der Waals surface area contributed by atoms with Gasteiger partial charge in [0, 0.05) is 11.5 Å². The van der Waals surface area contributed by atoms with E-state index in [1.807, 2.05) is 0 Å². The van der Waals surface area contributed by atoms with E-state index in [1.54, 1.807) is 0 Å². The molecule has 2 rings (SSSR count). The van der Waals surface area contributed by atoms with E-state index in [2.05, 4.69) is 18.7 Å². The predicted molar refractivity (Wildman–Crippen MR) is 77.8 cm³/mol. The summed E-state index contributed by atoms with van der Waals surface area (Å²) in [5.41, 5.74) is 0.709. The molecule has 0 spiro atoms. The van der Waals surface area contributed by atoms with Crippen molar-refractivity contribution in [2.45, 2.75) is 70.3 Å². The van der Waals surface area contributed by atoms with Gasteiger partial charge in [0.1, 0.15) is 6.10 Å². The van der Waals surface area contributed by atoms with E-state index in [9.17, 15) is 4.79 Å². The Labute approximate surface area is 116 Å². The SMILES string of the molecule is C=C1C(=O)O[C@H]2CCCCCCC/C=C\CCC[C@@H]12. The minimum atomic E-state index is -0.158. The summed E-state index contributed by atoms with van der Waals surface area (Å²) < 4.78 is 5.48. The van der Waals surface area contributed by atoms with E-state index in [1.165, 1.54) is 38.5 Å². The fourth-order valence-electron chi connectivity index (χ4n) is 3.12. The van der Waals surface area contributed by atoms with Gasteiger partial charge in [-0.15, -0.1) is 0 Å². The van der Waals surface area contributed by atoms with Gasteiger partial charge in [-0.2, -0.15) is 0 Å². The second-order valence-corrected chi connectivity index (χ2v) is 5.82. The van der Waals surface area contributed by atoms with Gasteiger partial charge in [0.25, 0.3) is 0 Å². The molecule has 1 aliphatic carbocycles. The number of carbonyl (C=O) groups excluding carboxylic acids is 1. The summed E-state index contributed by atoms with van der Waals surface area (Å²) >= 11 is 0. The van der Waals surface area contributed by atoms with E-state index in [4.69, 9.17) is 4.74 Å². The first-order chi connectivity index (χ1) is 9.29. The van der Waals surface area contributed by atoms with E-state index in [0.29, 0.717) is 5.57 Å². The Balaban J connectivity index is 1.92. The summed E-state index contributed by atoms with van der Waals surface area (Å²) in [6, 6.07) is 0. The summed E-state index contributed by atoms with van der Waals surface area (Å²) in [5.74, 6) is 0.110. The third-order valence-corrected chi connectivity index (χ3v) is 4.33. The first-order valence-corrected chi connectivity index (χ1v) is 7.84. The van der Waals surface area contributed by atoms with Crippen molar-refractivity contribution in [3.63, 3.8) is 0 Å². The van der Waals surface area contributed by atoms with Crippen LogP contribution in [0.1, 0.15) is 64.2 Å². The molecule has 0 aromatic rings. The van der Waals surface area contributed by atoms with Gasteiger partial charge in [-0.1, -0.05) is 38.0 Å². The highest BCUT2D eigenvalue weighted by Gasteiger charge is 2.37. The summed E-state index contributed by atoms with van der Waals surface area (Å²) in [5, 5.41) is 0. The van der Waals surface area contributed by atoms with Crippen LogP contribution in [0.5, 0.6) is 0 Å². The Kier molecular flexibility index (Phi) is 5.68. The van der Waals surface area contributed by atoms with Gasteiger partial charge >= 0.3 is 5.97 Å². The second kappa shape index (κ2) is 7.52. The highest BCUT2D eigenvalue weighted by Crippen LogP contribution is 2.34. The standard InChI is InChI=1S/C17H26O2/c1-14-15-12-10-8-6-4-2-3-5-7-9-11-13-16(15)19-17(14)18/h4,6,15-16H,1-3,5,7-13H2/b6-4-/t15-,16-/m0/s1. The molecule has 0 amide bonds. The molecule has 1 saturated heterocycles. The molecule has 0 aromatic heterocycles. The van der Waals surface area contributed by atoms with Crippen LogP contribution in [-0.4, -0.2) is 12.1 Å². The molecule has 0 N–H and O–H groups in total. The van der Waals surface area contributed by atoms with Crippen LogP contribution in [0.2, 0.25) is 0 Å². The first-order valence-electron chi connectivity index (χ1n) is 7.84. The third kappa shape index (κ3) is 4.22. The van der Waals surface area contributed by atoms with Crippen LogP contribution in [-0.2, 0) is 9.53 Å². The average molecular weight is 262 g/mol. The van der Waals surface area contributed by atoms with Gasteiger partial charge in [0.05, 0.1) is 0 Å². The molecule has 1 heterocycles. The lowest BCUT2D eigenvalue weighted by Crippen LogP contribution is -2.16. The third-order valence-electron chi connectivity index (χ3n) is 4.33. The maximum absolute atomic E-state index is 11.6. The molecule has 0 unspecified atom stereocenters. The van der Waals surface area contributed by atoms with Gasteiger partial charge in [-0.05, 0) is 44.9 Å². The molecule has 2 aliphatic rings. The quantitative estimate of drug-likeness (QED) is 0.363. The maximum atomic E-state index is 11.6. The topological polar surface area (TPSA) is 26.3 Å². The second-order valence-electron chi connectivity index (χ2n) is 5.82. The minimum absolute atomic E-state index is 0.104. The zero-order valence-corrected chi connectivity index (χ0v) is 11.9. The molecular formula is C17H26O2. The molecule has 2 atom stereocenters.